The third kappa shape index (κ3) is 3.13. The average Bonchev–Trinajstić information content (AvgIpc) is 2.72. The number of para-hydroxylation sites is 1. The summed E-state index contributed by atoms with van der Waals surface area (Å²) in [6, 6.07) is 6.33. The number of nitrogens with zero attached hydrogens (tertiary/aromatic N) is 2. The summed E-state index contributed by atoms with van der Waals surface area (Å²) >= 11 is 9.68. The Morgan fingerprint density at radius 2 is 2.22 bits per heavy atom. The second-order valence-electron chi connectivity index (χ2n) is 4.39. The van der Waals surface area contributed by atoms with E-state index in [2.05, 4.69) is 46.3 Å². The highest BCUT2D eigenvalue weighted by Gasteiger charge is 2.10. The molecule has 0 amide bonds. The van der Waals surface area contributed by atoms with E-state index in [1.165, 1.54) is 0 Å². The lowest BCUT2D eigenvalue weighted by atomic mass is 10.1. The molecule has 0 aliphatic heterocycles. The van der Waals surface area contributed by atoms with Gasteiger partial charge in [0.25, 0.3) is 0 Å². The van der Waals surface area contributed by atoms with E-state index in [-0.39, 0.29) is 0 Å². The highest BCUT2D eigenvalue weighted by Crippen LogP contribution is 2.25. The summed E-state index contributed by atoms with van der Waals surface area (Å²) < 4.78 is 2.73. The van der Waals surface area contributed by atoms with Gasteiger partial charge in [-0.25, -0.2) is 4.68 Å². The number of hydrogen-bond acceptors (Lipinski definition) is 2. The fraction of sp³-hybridized carbons (Fsp3) is 0.308. The van der Waals surface area contributed by atoms with E-state index in [1.54, 1.807) is 10.9 Å². The molecule has 1 aromatic carbocycles. The molecule has 0 spiro atoms. The molecule has 2 rings (SSSR count). The first-order valence-corrected chi connectivity index (χ1v) is 6.96. The van der Waals surface area contributed by atoms with Crippen LogP contribution in [0.25, 0.3) is 5.69 Å². The van der Waals surface area contributed by atoms with Crippen molar-refractivity contribution in [2.75, 3.05) is 0 Å². The minimum atomic E-state index is 0.432. The molecule has 0 radical (unpaired) electrons. The lowest BCUT2D eigenvalue weighted by Gasteiger charge is -2.14. The van der Waals surface area contributed by atoms with Crippen LogP contribution in [0.3, 0.4) is 0 Å². The standard InChI is InChI=1S/C13H15BrClN3/c1-9(2)16-6-10-4-3-5-12(15)13(10)18-8-11(14)7-17-18/h3-5,7-9,16H,6H2,1-2H3. The van der Waals surface area contributed by atoms with Gasteiger partial charge in [0.05, 0.1) is 21.4 Å². The summed E-state index contributed by atoms with van der Waals surface area (Å²) in [5.41, 5.74) is 2.06. The van der Waals surface area contributed by atoms with Gasteiger partial charge in [-0.1, -0.05) is 37.6 Å². The number of aromatic nitrogens is 2. The van der Waals surface area contributed by atoms with Gasteiger partial charge in [-0.15, -0.1) is 0 Å². The molecular formula is C13H15BrClN3. The van der Waals surface area contributed by atoms with Gasteiger partial charge in [-0.05, 0) is 27.6 Å². The van der Waals surface area contributed by atoms with Gasteiger partial charge < -0.3 is 5.32 Å². The van der Waals surface area contributed by atoms with Gasteiger partial charge in [-0.3, -0.25) is 0 Å². The monoisotopic (exact) mass is 327 g/mol. The van der Waals surface area contributed by atoms with Crippen LogP contribution in [-0.4, -0.2) is 15.8 Å². The molecule has 0 bridgehead atoms. The quantitative estimate of drug-likeness (QED) is 0.925. The molecule has 0 aliphatic carbocycles. The van der Waals surface area contributed by atoms with Crippen LogP contribution < -0.4 is 5.32 Å². The van der Waals surface area contributed by atoms with Crippen LogP contribution in [0.2, 0.25) is 5.02 Å². The lowest BCUT2D eigenvalue weighted by Crippen LogP contribution is -2.22. The maximum Gasteiger partial charge on any atom is 0.0877 e. The summed E-state index contributed by atoms with van der Waals surface area (Å²) in [5, 5.41) is 8.39. The second-order valence-corrected chi connectivity index (χ2v) is 5.71. The Kier molecular flexibility index (Phi) is 4.43. The number of hydrogen-bond donors (Lipinski definition) is 1. The van der Waals surface area contributed by atoms with E-state index in [9.17, 15) is 0 Å². The first-order valence-electron chi connectivity index (χ1n) is 5.79. The smallest absolute Gasteiger partial charge is 0.0877 e. The van der Waals surface area contributed by atoms with E-state index in [1.807, 2.05) is 18.3 Å². The van der Waals surface area contributed by atoms with Crippen molar-refractivity contribution in [3.05, 3.63) is 45.7 Å². The van der Waals surface area contributed by atoms with Crippen LogP contribution in [0, 0.1) is 0 Å². The van der Waals surface area contributed by atoms with Crippen molar-refractivity contribution in [2.24, 2.45) is 0 Å². The molecule has 5 heteroatoms. The van der Waals surface area contributed by atoms with Crippen molar-refractivity contribution >= 4 is 27.5 Å². The van der Waals surface area contributed by atoms with Gasteiger partial charge >= 0.3 is 0 Å². The number of halogens is 2. The Balaban J connectivity index is 2.38. The van der Waals surface area contributed by atoms with Gasteiger partial charge in [0.15, 0.2) is 0 Å². The Bertz CT molecular complexity index is 537. The maximum absolute atomic E-state index is 6.28. The van der Waals surface area contributed by atoms with Crippen molar-refractivity contribution < 1.29 is 0 Å². The highest BCUT2D eigenvalue weighted by molar-refractivity contribution is 9.10. The van der Waals surface area contributed by atoms with E-state index in [4.69, 9.17) is 11.6 Å². The molecule has 0 aliphatic rings. The predicted octanol–water partition coefficient (Wildman–Crippen LogP) is 3.79. The lowest BCUT2D eigenvalue weighted by molar-refractivity contribution is 0.586. The van der Waals surface area contributed by atoms with Crippen LogP contribution in [0.15, 0.2) is 35.1 Å². The molecule has 96 valence electrons. The summed E-state index contributed by atoms with van der Waals surface area (Å²) in [4.78, 5) is 0. The van der Waals surface area contributed by atoms with E-state index >= 15 is 0 Å². The van der Waals surface area contributed by atoms with Crippen molar-refractivity contribution in [3.8, 4) is 5.69 Å². The maximum atomic E-state index is 6.28. The molecule has 18 heavy (non-hydrogen) atoms. The van der Waals surface area contributed by atoms with Crippen LogP contribution in [0.5, 0.6) is 0 Å². The first kappa shape index (κ1) is 13.6. The summed E-state index contributed by atoms with van der Waals surface area (Å²) in [5.74, 6) is 0. The molecule has 3 nitrogen and oxygen atoms in total. The Morgan fingerprint density at radius 1 is 1.44 bits per heavy atom. The number of nitrogens with one attached hydrogen (secondary N) is 1. The van der Waals surface area contributed by atoms with Crippen LogP contribution in [0.4, 0.5) is 0 Å². The molecule has 0 atom stereocenters. The molecule has 2 aromatic rings. The van der Waals surface area contributed by atoms with Crippen molar-refractivity contribution in [2.45, 2.75) is 26.4 Å². The normalized spacial score (nSPS) is 11.2. The van der Waals surface area contributed by atoms with Crippen LogP contribution in [-0.2, 0) is 6.54 Å². The van der Waals surface area contributed by atoms with Gasteiger partial charge in [0.2, 0.25) is 0 Å². The van der Waals surface area contributed by atoms with E-state index in [0.29, 0.717) is 11.1 Å². The van der Waals surface area contributed by atoms with Gasteiger partial charge in [0.1, 0.15) is 0 Å². The fourth-order valence-electron chi connectivity index (χ4n) is 1.70. The predicted molar refractivity (Wildman–Crippen MR) is 78.2 cm³/mol. The van der Waals surface area contributed by atoms with Gasteiger partial charge in [-0.2, -0.15) is 5.10 Å². The summed E-state index contributed by atoms with van der Waals surface area (Å²) in [7, 11) is 0. The topological polar surface area (TPSA) is 29.9 Å². The third-order valence-corrected chi connectivity index (χ3v) is 3.27. The van der Waals surface area contributed by atoms with Crippen molar-refractivity contribution in [3.63, 3.8) is 0 Å². The Labute approximate surface area is 120 Å². The summed E-state index contributed by atoms with van der Waals surface area (Å²) in [6.07, 6.45) is 3.66. The Hall–Kier alpha value is -0.840. The minimum absolute atomic E-state index is 0.432. The largest absolute Gasteiger partial charge is 0.310 e. The molecule has 0 saturated heterocycles. The van der Waals surface area contributed by atoms with Crippen molar-refractivity contribution in [1.29, 1.82) is 0 Å². The van der Waals surface area contributed by atoms with E-state index < -0.39 is 0 Å². The van der Waals surface area contributed by atoms with Gasteiger partial charge in [0, 0.05) is 18.8 Å². The molecule has 0 saturated carbocycles. The third-order valence-electron chi connectivity index (χ3n) is 2.55. The molecule has 1 aromatic heterocycles. The van der Waals surface area contributed by atoms with Crippen molar-refractivity contribution in [1.82, 2.24) is 15.1 Å². The fourth-order valence-corrected chi connectivity index (χ4v) is 2.26. The zero-order chi connectivity index (χ0) is 13.1. The zero-order valence-corrected chi connectivity index (χ0v) is 12.7. The Morgan fingerprint density at radius 3 is 2.83 bits per heavy atom. The second kappa shape index (κ2) is 5.87. The molecule has 1 heterocycles. The number of benzene rings is 1. The van der Waals surface area contributed by atoms with E-state index in [0.717, 1.165) is 22.3 Å². The zero-order valence-electron chi connectivity index (χ0n) is 10.3. The number of rotatable bonds is 4. The van der Waals surface area contributed by atoms with Crippen LogP contribution in [0.1, 0.15) is 19.4 Å². The molecular weight excluding hydrogens is 314 g/mol. The minimum Gasteiger partial charge on any atom is -0.310 e. The SMILES string of the molecule is CC(C)NCc1cccc(Cl)c1-n1cc(Br)cn1. The summed E-state index contributed by atoms with van der Waals surface area (Å²) in [6.45, 7) is 5.01. The molecule has 0 unspecified atom stereocenters. The highest BCUT2D eigenvalue weighted by atomic mass is 79.9. The first-order chi connectivity index (χ1) is 8.58. The molecule has 1 N–H and O–H groups in total. The average molecular weight is 329 g/mol. The van der Waals surface area contributed by atoms with Crippen LogP contribution >= 0.6 is 27.5 Å². The molecule has 0 fully saturated rings.